The van der Waals surface area contributed by atoms with Crippen LogP contribution in [0.15, 0.2) is 30.3 Å². The molecule has 3 rings (SSSR count). The number of aryl methyl sites for hydroxylation is 1. The lowest BCUT2D eigenvalue weighted by molar-refractivity contribution is 0.0781. The van der Waals surface area contributed by atoms with E-state index in [9.17, 15) is 4.79 Å². The minimum atomic E-state index is 0. The average molecular weight is 381 g/mol. The number of hydrogen-bond acceptors (Lipinski definition) is 4. The summed E-state index contributed by atoms with van der Waals surface area (Å²) in [6.45, 7) is 6.38. The molecule has 0 radical (unpaired) electrons. The van der Waals surface area contributed by atoms with E-state index < -0.39 is 0 Å². The van der Waals surface area contributed by atoms with Crippen LogP contribution in [-0.2, 0) is 0 Å². The van der Waals surface area contributed by atoms with Gasteiger partial charge in [0.2, 0.25) is 0 Å². The zero-order chi connectivity index (χ0) is 17.3. The SMILES string of the molecule is COc1ccc(-c2cc(C(=O)N3CCC(C)(CN)C3)sc2C)cc1.Cl. The molecule has 1 unspecified atom stereocenters. The Hall–Kier alpha value is -1.56. The second kappa shape index (κ2) is 7.77. The van der Waals surface area contributed by atoms with Crippen molar-refractivity contribution in [2.45, 2.75) is 20.3 Å². The van der Waals surface area contributed by atoms with E-state index in [1.165, 1.54) is 0 Å². The van der Waals surface area contributed by atoms with Gasteiger partial charge >= 0.3 is 0 Å². The molecule has 1 aromatic carbocycles. The Balaban J connectivity index is 0.00000225. The van der Waals surface area contributed by atoms with E-state index in [0.717, 1.165) is 46.1 Å². The minimum Gasteiger partial charge on any atom is -0.497 e. The second-order valence-electron chi connectivity index (χ2n) is 6.80. The van der Waals surface area contributed by atoms with Gasteiger partial charge in [-0.15, -0.1) is 23.7 Å². The van der Waals surface area contributed by atoms with Gasteiger partial charge in [-0.2, -0.15) is 0 Å². The summed E-state index contributed by atoms with van der Waals surface area (Å²) in [4.78, 5) is 16.7. The van der Waals surface area contributed by atoms with E-state index in [1.54, 1.807) is 18.4 Å². The first-order valence-electron chi connectivity index (χ1n) is 8.20. The van der Waals surface area contributed by atoms with Gasteiger partial charge in [0, 0.05) is 18.0 Å². The Labute approximate surface area is 159 Å². The Morgan fingerprint density at radius 3 is 2.60 bits per heavy atom. The fraction of sp³-hybridized carbons (Fsp3) is 0.421. The first-order valence-corrected chi connectivity index (χ1v) is 9.01. The highest BCUT2D eigenvalue weighted by Gasteiger charge is 2.35. The number of likely N-dealkylation sites (tertiary alicyclic amines) is 1. The van der Waals surface area contributed by atoms with E-state index in [2.05, 4.69) is 13.8 Å². The molecule has 1 amide bonds. The molecule has 1 fully saturated rings. The molecule has 136 valence electrons. The number of benzene rings is 1. The Morgan fingerprint density at radius 1 is 1.36 bits per heavy atom. The molecule has 1 aromatic heterocycles. The summed E-state index contributed by atoms with van der Waals surface area (Å²) in [5.74, 6) is 0.959. The van der Waals surface area contributed by atoms with Crippen LogP contribution < -0.4 is 10.5 Å². The number of thiophene rings is 1. The number of methoxy groups -OCH3 is 1. The Bertz CT molecular complexity index is 744. The molecule has 0 saturated carbocycles. The highest BCUT2D eigenvalue weighted by molar-refractivity contribution is 7.14. The molecule has 1 atom stereocenters. The van der Waals surface area contributed by atoms with Crippen molar-refractivity contribution in [1.82, 2.24) is 4.90 Å². The molecular formula is C19H25ClN2O2S. The maximum absolute atomic E-state index is 12.8. The normalized spacial score (nSPS) is 19.6. The van der Waals surface area contributed by atoms with Crippen LogP contribution in [0.3, 0.4) is 0 Å². The molecule has 1 saturated heterocycles. The number of halogens is 1. The number of amides is 1. The molecule has 6 heteroatoms. The molecule has 2 heterocycles. The van der Waals surface area contributed by atoms with Gasteiger partial charge < -0.3 is 15.4 Å². The lowest BCUT2D eigenvalue weighted by atomic mass is 9.90. The highest BCUT2D eigenvalue weighted by Crippen LogP contribution is 2.35. The smallest absolute Gasteiger partial charge is 0.263 e. The molecule has 2 N–H and O–H groups in total. The van der Waals surface area contributed by atoms with Crippen molar-refractivity contribution in [3.8, 4) is 16.9 Å². The van der Waals surface area contributed by atoms with Crippen LogP contribution in [0.25, 0.3) is 11.1 Å². The quantitative estimate of drug-likeness (QED) is 0.873. The average Bonchev–Trinajstić information content (AvgIpc) is 3.18. The van der Waals surface area contributed by atoms with Gasteiger partial charge in [-0.25, -0.2) is 0 Å². The molecular weight excluding hydrogens is 356 g/mol. The largest absolute Gasteiger partial charge is 0.497 e. The van der Waals surface area contributed by atoms with Crippen molar-refractivity contribution in [3.63, 3.8) is 0 Å². The number of carbonyl (C=O) groups excluding carboxylic acids is 1. The zero-order valence-corrected chi connectivity index (χ0v) is 16.5. The third-order valence-electron chi connectivity index (χ3n) is 4.87. The number of nitrogens with zero attached hydrogens (tertiary/aromatic N) is 1. The number of rotatable bonds is 4. The van der Waals surface area contributed by atoms with Crippen LogP contribution in [0, 0.1) is 12.3 Å². The summed E-state index contributed by atoms with van der Waals surface area (Å²) in [7, 11) is 1.66. The van der Waals surface area contributed by atoms with E-state index in [-0.39, 0.29) is 23.7 Å². The van der Waals surface area contributed by atoms with Crippen molar-refractivity contribution < 1.29 is 9.53 Å². The fourth-order valence-electron chi connectivity index (χ4n) is 3.16. The fourth-order valence-corrected chi connectivity index (χ4v) is 4.17. The number of carbonyl (C=O) groups is 1. The van der Waals surface area contributed by atoms with Crippen LogP contribution in [0.4, 0.5) is 0 Å². The molecule has 1 aliphatic heterocycles. The lowest BCUT2D eigenvalue weighted by Crippen LogP contribution is -2.34. The molecule has 2 aromatic rings. The molecule has 0 bridgehead atoms. The first-order chi connectivity index (χ1) is 11.5. The number of hydrogen-bond donors (Lipinski definition) is 1. The van der Waals surface area contributed by atoms with E-state index in [4.69, 9.17) is 10.5 Å². The Morgan fingerprint density at radius 2 is 2.04 bits per heavy atom. The van der Waals surface area contributed by atoms with Crippen molar-refractivity contribution in [3.05, 3.63) is 40.1 Å². The van der Waals surface area contributed by atoms with E-state index in [1.807, 2.05) is 35.2 Å². The third kappa shape index (κ3) is 4.00. The monoisotopic (exact) mass is 380 g/mol. The predicted octanol–water partition coefficient (Wildman–Crippen LogP) is 3.96. The lowest BCUT2D eigenvalue weighted by Gasteiger charge is -2.22. The van der Waals surface area contributed by atoms with Gasteiger partial charge in [-0.05, 0) is 54.6 Å². The standard InChI is InChI=1S/C19H24N2O2S.ClH/c1-13-16(14-4-6-15(23-3)7-5-14)10-17(24-13)18(22)21-9-8-19(2,11-20)12-21;/h4-7,10H,8-9,11-12,20H2,1-3H3;1H. The summed E-state index contributed by atoms with van der Waals surface area (Å²) in [5, 5.41) is 0. The second-order valence-corrected chi connectivity index (χ2v) is 8.06. The van der Waals surface area contributed by atoms with Crippen molar-refractivity contribution in [2.75, 3.05) is 26.7 Å². The minimum absolute atomic E-state index is 0. The summed E-state index contributed by atoms with van der Waals surface area (Å²) in [5.41, 5.74) is 8.13. The van der Waals surface area contributed by atoms with Crippen molar-refractivity contribution >= 4 is 29.7 Å². The maximum Gasteiger partial charge on any atom is 0.263 e. The number of ether oxygens (including phenoxy) is 1. The van der Waals surface area contributed by atoms with Crippen LogP contribution >= 0.6 is 23.7 Å². The summed E-state index contributed by atoms with van der Waals surface area (Å²) >= 11 is 1.57. The van der Waals surface area contributed by atoms with E-state index in [0.29, 0.717) is 6.54 Å². The maximum atomic E-state index is 12.8. The van der Waals surface area contributed by atoms with Crippen molar-refractivity contribution in [1.29, 1.82) is 0 Å². The molecule has 0 spiro atoms. The van der Waals surface area contributed by atoms with Crippen LogP contribution in [0.5, 0.6) is 5.75 Å². The predicted molar refractivity (Wildman–Crippen MR) is 106 cm³/mol. The van der Waals surface area contributed by atoms with Crippen LogP contribution in [0.2, 0.25) is 0 Å². The van der Waals surface area contributed by atoms with E-state index >= 15 is 0 Å². The third-order valence-corrected chi connectivity index (χ3v) is 5.91. The van der Waals surface area contributed by atoms with Crippen LogP contribution in [0.1, 0.15) is 27.9 Å². The van der Waals surface area contributed by atoms with Crippen LogP contribution in [-0.4, -0.2) is 37.6 Å². The van der Waals surface area contributed by atoms with Crippen molar-refractivity contribution in [2.24, 2.45) is 11.1 Å². The molecule has 1 aliphatic rings. The van der Waals surface area contributed by atoms with Gasteiger partial charge in [0.25, 0.3) is 5.91 Å². The molecule has 25 heavy (non-hydrogen) atoms. The number of nitrogens with two attached hydrogens (primary N) is 1. The van der Waals surface area contributed by atoms with Gasteiger partial charge in [0.1, 0.15) is 5.75 Å². The Kier molecular flexibility index (Phi) is 6.14. The van der Waals surface area contributed by atoms with Gasteiger partial charge in [0.05, 0.1) is 12.0 Å². The molecule has 4 nitrogen and oxygen atoms in total. The summed E-state index contributed by atoms with van der Waals surface area (Å²) in [6, 6.07) is 9.97. The molecule has 0 aliphatic carbocycles. The topological polar surface area (TPSA) is 55.6 Å². The first kappa shape index (κ1) is 19.8. The van der Waals surface area contributed by atoms with Gasteiger partial charge in [-0.3, -0.25) is 4.79 Å². The van der Waals surface area contributed by atoms with Gasteiger partial charge in [0.15, 0.2) is 0 Å². The summed E-state index contributed by atoms with van der Waals surface area (Å²) < 4.78 is 5.21. The van der Waals surface area contributed by atoms with Gasteiger partial charge in [-0.1, -0.05) is 19.1 Å². The summed E-state index contributed by atoms with van der Waals surface area (Å²) in [6.07, 6.45) is 0.977. The zero-order valence-electron chi connectivity index (χ0n) is 14.9. The highest BCUT2D eigenvalue weighted by atomic mass is 35.5.